The van der Waals surface area contributed by atoms with E-state index in [4.69, 9.17) is 4.98 Å². The first-order valence-corrected chi connectivity index (χ1v) is 9.53. The predicted molar refractivity (Wildman–Crippen MR) is 106 cm³/mol. The number of nitrogens with one attached hydrogen (secondary N) is 2. The first-order chi connectivity index (χ1) is 12.2. The maximum Gasteiger partial charge on any atom is 0.191 e. The monoisotopic (exact) mass is 355 g/mol. The molecule has 132 valence electrons. The van der Waals surface area contributed by atoms with Gasteiger partial charge >= 0.3 is 0 Å². The Labute approximate surface area is 152 Å². The fraction of sp³-hybridized carbons (Fsp3) is 0.368. The van der Waals surface area contributed by atoms with Crippen molar-refractivity contribution in [1.29, 1.82) is 0 Å². The number of guanidine groups is 1. The SMILES string of the molecule is CCNC(=NCc1sccc1C)NCCc1cn2cccc(C)c2n1. The molecule has 0 unspecified atom stereocenters. The Morgan fingerprint density at radius 1 is 1.24 bits per heavy atom. The number of fused-ring (bicyclic) bond motifs is 1. The van der Waals surface area contributed by atoms with Crippen LogP contribution in [-0.4, -0.2) is 28.4 Å². The fourth-order valence-electron chi connectivity index (χ4n) is 2.69. The molecule has 0 aliphatic carbocycles. The molecule has 5 nitrogen and oxygen atoms in total. The molecule has 2 N–H and O–H groups in total. The van der Waals surface area contributed by atoms with E-state index in [1.54, 1.807) is 11.3 Å². The molecule has 0 spiro atoms. The van der Waals surface area contributed by atoms with Crippen LogP contribution in [0.4, 0.5) is 0 Å². The van der Waals surface area contributed by atoms with Crippen LogP contribution < -0.4 is 10.6 Å². The van der Waals surface area contributed by atoms with Crippen LogP contribution in [0, 0.1) is 13.8 Å². The van der Waals surface area contributed by atoms with Gasteiger partial charge in [0.05, 0.1) is 12.2 Å². The van der Waals surface area contributed by atoms with E-state index in [1.165, 1.54) is 16.0 Å². The van der Waals surface area contributed by atoms with Crippen molar-refractivity contribution < 1.29 is 0 Å². The highest BCUT2D eigenvalue weighted by molar-refractivity contribution is 7.10. The fourth-order valence-corrected chi connectivity index (χ4v) is 3.52. The van der Waals surface area contributed by atoms with E-state index < -0.39 is 0 Å². The smallest absolute Gasteiger partial charge is 0.191 e. The normalized spacial score (nSPS) is 11.9. The van der Waals surface area contributed by atoms with Crippen molar-refractivity contribution in [2.24, 2.45) is 4.99 Å². The Balaban J connectivity index is 1.59. The molecular formula is C19H25N5S. The van der Waals surface area contributed by atoms with Crippen LogP contribution in [0.5, 0.6) is 0 Å². The standard InChI is InChI=1S/C19H25N5S/c1-4-20-19(22-12-17-14(2)8-11-25-17)21-9-7-16-13-24-10-5-6-15(3)18(24)23-16/h5-6,8,10-11,13H,4,7,9,12H2,1-3H3,(H2,20,21,22). The van der Waals surface area contributed by atoms with Gasteiger partial charge < -0.3 is 15.0 Å². The number of hydrogen-bond acceptors (Lipinski definition) is 3. The maximum absolute atomic E-state index is 4.72. The molecule has 3 rings (SSSR count). The highest BCUT2D eigenvalue weighted by Gasteiger charge is 2.05. The summed E-state index contributed by atoms with van der Waals surface area (Å²) in [5.41, 5.74) is 4.63. The summed E-state index contributed by atoms with van der Waals surface area (Å²) in [7, 11) is 0. The quantitative estimate of drug-likeness (QED) is 0.527. The molecule has 0 atom stereocenters. The summed E-state index contributed by atoms with van der Waals surface area (Å²) < 4.78 is 2.09. The Morgan fingerprint density at radius 2 is 2.12 bits per heavy atom. The molecule has 0 radical (unpaired) electrons. The zero-order valence-electron chi connectivity index (χ0n) is 15.0. The Kier molecular flexibility index (Phi) is 5.71. The van der Waals surface area contributed by atoms with Gasteiger partial charge in [-0.15, -0.1) is 11.3 Å². The van der Waals surface area contributed by atoms with E-state index >= 15 is 0 Å². The van der Waals surface area contributed by atoms with Gasteiger partial charge in [-0.2, -0.15) is 0 Å². The van der Waals surface area contributed by atoms with E-state index in [-0.39, 0.29) is 0 Å². The summed E-state index contributed by atoms with van der Waals surface area (Å²) in [6.45, 7) is 8.67. The van der Waals surface area contributed by atoms with Crippen LogP contribution in [0.15, 0.2) is 41.0 Å². The van der Waals surface area contributed by atoms with Gasteiger partial charge in [0, 0.05) is 36.8 Å². The van der Waals surface area contributed by atoms with Crippen molar-refractivity contribution in [2.75, 3.05) is 13.1 Å². The third-order valence-electron chi connectivity index (χ3n) is 4.09. The van der Waals surface area contributed by atoms with E-state index in [0.29, 0.717) is 6.54 Å². The largest absolute Gasteiger partial charge is 0.357 e. The number of thiophene rings is 1. The Bertz CT molecular complexity index is 862. The predicted octanol–water partition coefficient (Wildman–Crippen LogP) is 3.31. The van der Waals surface area contributed by atoms with Crippen LogP contribution >= 0.6 is 11.3 Å². The molecule has 3 aromatic rings. The molecular weight excluding hydrogens is 330 g/mol. The molecule has 0 saturated heterocycles. The summed E-state index contributed by atoms with van der Waals surface area (Å²) in [4.78, 5) is 10.7. The molecule has 0 aliphatic rings. The lowest BCUT2D eigenvalue weighted by Gasteiger charge is -2.10. The molecule has 0 amide bonds. The summed E-state index contributed by atoms with van der Waals surface area (Å²) in [5.74, 6) is 0.857. The number of pyridine rings is 1. The van der Waals surface area contributed by atoms with Gasteiger partial charge in [0.25, 0.3) is 0 Å². The van der Waals surface area contributed by atoms with Crippen LogP contribution in [-0.2, 0) is 13.0 Å². The molecule has 0 aliphatic heterocycles. The molecule has 0 fully saturated rings. The zero-order valence-corrected chi connectivity index (χ0v) is 15.9. The third-order valence-corrected chi connectivity index (χ3v) is 5.10. The van der Waals surface area contributed by atoms with Gasteiger partial charge in [0.15, 0.2) is 5.96 Å². The van der Waals surface area contributed by atoms with Crippen molar-refractivity contribution in [3.8, 4) is 0 Å². The second-order valence-corrected chi connectivity index (χ2v) is 7.05. The van der Waals surface area contributed by atoms with Crippen LogP contribution in [0.3, 0.4) is 0 Å². The molecule has 25 heavy (non-hydrogen) atoms. The Hall–Kier alpha value is -2.34. The topological polar surface area (TPSA) is 53.7 Å². The number of aliphatic imine (C=N–C) groups is 1. The molecule has 6 heteroatoms. The molecule has 3 heterocycles. The molecule has 0 bridgehead atoms. The number of nitrogens with zero attached hydrogens (tertiary/aromatic N) is 3. The number of rotatable bonds is 6. The first-order valence-electron chi connectivity index (χ1n) is 8.65. The second kappa shape index (κ2) is 8.16. The average Bonchev–Trinajstić information content (AvgIpc) is 3.19. The van der Waals surface area contributed by atoms with Crippen molar-refractivity contribution in [3.05, 3.63) is 57.7 Å². The zero-order chi connectivity index (χ0) is 17.6. The highest BCUT2D eigenvalue weighted by Crippen LogP contribution is 2.16. The molecule has 0 aromatic carbocycles. The van der Waals surface area contributed by atoms with Crippen molar-refractivity contribution in [1.82, 2.24) is 20.0 Å². The molecule has 0 saturated carbocycles. The van der Waals surface area contributed by atoms with Gasteiger partial charge in [-0.05, 0) is 49.4 Å². The Morgan fingerprint density at radius 3 is 2.84 bits per heavy atom. The van der Waals surface area contributed by atoms with Crippen LogP contribution in [0.25, 0.3) is 5.65 Å². The van der Waals surface area contributed by atoms with Crippen molar-refractivity contribution in [3.63, 3.8) is 0 Å². The lowest BCUT2D eigenvalue weighted by molar-refractivity contribution is 0.792. The lowest BCUT2D eigenvalue weighted by atomic mass is 10.3. The van der Waals surface area contributed by atoms with Gasteiger partial charge in [-0.1, -0.05) is 6.07 Å². The van der Waals surface area contributed by atoms with E-state index in [1.807, 2.05) is 6.20 Å². The van der Waals surface area contributed by atoms with Gasteiger partial charge in [-0.3, -0.25) is 0 Å². The average molecular weight is 356 g/mol. The van der Waals surface area contributed by atoms with Crippen LogP contribution in [0.2, 0.25) is 0 Å². The van der Waals surface area contributed by atoms with E-state index in [9.17, 15) is 0 Å². The van der Waals surface area contributed by atoms with E-state index in [0.717, 1.165) is 36.8 Å². The van der Waals surface area contributed by atoms with E-state index in [2.05, 4.69) is 70.6 Å². The number of imidazole rings is 1. The molecule has 3 aromatic heterocycles. The van der Waals surface area contributed by atoms with Gasteiger partial charge in [-0.25, -0.2) is 9.98 Å². The van der Waals surface area contributed by atoms with Crippen molar-refractivity contribution >= 4 is 22.9 Å². The number of hydrogen-bond donors (Lipinski definition) is 2. The lowest BCUT2D eigenvalue weighted by Crippen LogP contribution is -2.38. The maximum atomic E-state index is 4.72. The minimum atomic E-state index is 0.715. The third kappa shape index (κ3) is 4.39. The first kappa shape index (κ1) is 17.5. The van der Waals surface area contributed by atoms with Gasteiger partial charge in [0.2, 0.25) is 0 Å². The van der Waals surface area contributed by atoms with Crippen molar-refractivity contribution in [2.45, 2.75) is 33.7 Å². The number of aryl methyl sites for hydroxylation is 2. The van der Waals surface area contributed by atoms with Gasteiger partial charge in [0.1, 0.15) is 5.65 Å². The second-order valence-electron chi connectivity index (χ2n) is 6.05. The van der Waals surface area contributed by atoms with Crippen LogP contribution in [0.1, 0.15) is 28.6 Å². The minimum absolute atomic E-state index is 0.715. The summed E-state index contributed by atoms with van der Waals surface area (Å²) in [6.07, 6.45) is 5.01. The highest BCUT2D eigenvalue weighted by atomic mass is 32.1. The summed E-state index contributed by atoms with van der Waals surface area (Å²) >= 11 is 1.76. The minimum Gasteiger partial charge on any atom is -0.357 e. The summed E-state index contributed by atoms with van der Waals surface area (Å²) in [5, 5.41) is 8.83. The summed E-state index contributed by atoms with van der Waals surface area (Å²) in [6, 6.07) is 6.28. The number of aromatic nitrogens is 2.